The van der Waals surface area contributed by atoms with Gasteiger partial charge in [0.2, 0.25) is 0 Å². The lowest BCUT2D eigenvalue weighted by molar-refractivity contribution is 0.198. The summed E-state index contributed by atoms with van der Waals surface area (Å²) in [7, 11) is 3.36. The van der Waals surface area contributed by atoms with Gasteiger partial charge in [-0.3, -0.25) is 4.90 Å². The van der Waals surface area contributed by atoms with E-state index >= 15 is 0 Å². The number of hydrogen-bond donors (Lipinski definition) is 0. The van der Waals surface area contributed by atoms with Crippen LogP contribution in [0.3, 0.4) is 0 Å². The molecule has 36 heavy (non-hydrogen) atoms. The van der Waals surface area contributed by atoms with Crippen LogP contribution in [-0.4, -0.2) is 65.5 Å². The minimum atomic E-state index is -0.266. The normalized spacial score (nSPS) is 15.0. The average Bonchev–Trinajstić information content (AvgIpc) is 3.38. The van der Waals surface area contributed by atoms with Crippen LogP contribution >= 0.6 is 0 Å². The fraction of sp³-hybridized carbons (Fsp3) is 0.296. The summed E-state index contributed by atoms with van der Waals surface area (Å²) in [6.07, 6.45) is 0. The first kappa shape index (κ1) is 23.7. The zero-order valence-electron chi connectivity index (χ0n) is 20.4. The highest BCUT2D eigenvalue weighted by Crippen LogP contribution is 2.35. The van der Waals surface area contributed by atoms with Crippen LogP contribution < -0.4 is 14.4 Å². The van der Waals surface area contributed by atoms with Crippen molar-refractivity contribution in [3.8, 4) is 11.5 Å². The maximum atomic E-state index is 13.4. The molecule has 5 rings (SSSR count). The first-order chi connectivity index (χ1) is 17.7. The average molecular weight is 489 g/mol. The van der Waals surface area contributed by atoms with Crippen molar-refractivity contribution < 1.29 is 13.9 Å². The van der Waals surface area contributed by atoms with E-state index in [1.807, 2.05) is 30.3 Å². The predicted molar refractivity (Wildman–Crippen MR) is 135 cm³/mol. The van der Waals surface area contributed by atoms with E-state index in [2.05, 4.69) is 43.5 Å². The second kappa shape index (κ2) is 10.7. The number of para-hydroxylation sites is 1. The molecule has 1 saturated heterocycles. The summed E-state index contributed by atoms with van der Waals surface area (Å²) in [6, 6.07) is 22.4. The molecule has 0 radical (unpaired) electrons. The van der Waals surface area contributed by atoms with E-state index in [9.17, 15) is 4.39 Å². The molecule has 1 atom stereocenters. The van der Waals surface area contributed by atoms with Crippen molar-refractivity contribution in [3.63, 3.8) is 0 Å². The Hall–Kier alpha value is -3.98. The van der Waals surface area contributed by atoms with E-state index in [0.717, 1.165) is 54.6 Å². The summed E-state index contributed by atoms with van der Waals surface area (Å²) in [4.78, 5) is 4.77. The number of rotatable bonds is 8. The highest BCUT2D eigenvalue weighted by molar-refractivity contribution is 5.49. The molecule has 2 heterocycles. The standard InChI is InChI=1S/C27H29FN6O2/c1-35-23-13-11-22(12-14-23)32-15-17-33(18-16-32)26(24-5-3-4-6-25(24)36-2)27-29-30-31-34(27)19-20-7-9-21(28)10-8-20/h3-14,26H,15-19H2,1-2H3/t26-/m0/s1. The molecule has 1 aliphatic heterocycles. The molecule has 9 heteroatoms. The van der Waals surface area contributed by atoms with Crippen LogP contribution in [0.2, 0.25) is 0 Å². The Morgan fingerprint density at radius 3 is 2.28 bits per heavy atom. The van der Waals surface area contributed by atoms with E-state index in [1.54, 1.807) is 31.0 Å². The number of piperazine rings is 1. The lowest BCUT2D eigenvalue weighted by atomic mass is 10.0. The second-order valence-corrected chi connectivity index (χ2v) is 8.69. The number of ether oxygens (including phenoxy) is 2. The van der Waals surface area contributed by atoms with Crippen LogP contribution in [0.4, 0.5) is 10.1 Å². The fourth-order valence-corrected chi connectivity index (χ4v) is 4.71. The van der Waals surface area contributed by atoms with E-state index in [-0.39, 0.29) is 11.9 Å². The van der Waals surface area contributed by atoms with Gasteiger partial charge in [0.25, 0.3) is 0 Å². The number of anilines is 1. The van der Waals surface area contributed by atoms with Crippen molar-refractivity contribution in [1.29, 1.82) is 0 Å². The van der Waals surface area contributed by atoms with Crippen LogP contribution in [0.5, 0.6) is 11.5 Å². The Labute approximate surface area is 209 Å². The topological polar surface area (TPSA) is 68.5 Å². The molecular formula is C27H29FN6O2. The Balaban J connectivity index is 1.43. The Bertz CT molecular complexity index is 1270. The lowest BCUT2D eigenvalue weighted by Crippen LogP contribution is -2.48. The molecule has 1 fully saturated rings. The van der Waals surface area contributed by atoms with Gasteiger partial charge in [-0.25, -0.2) is 9.07 Å². The van der Waals surface area contributed by atoms with Gasteiger partial charge in [0, 0.05) is 37.4 Å². The van der Waals surface area contributed by atoms with Gasteiger partial charge in [-0.15, -0.1) is 5.10 Å². The first-order valence-electron chi connectivity index (χ1n) is 11.9. The Kier molecular flexibility index (Phi) is 7.08. The molecule has 0 aliphatic carbocycles. The van der Waals surface area contributed by atoms with Gasteiger partial charge in [-0.05, 0) is 58.5 Å². The number of nitrogens with zero attached hydrogens (tertiary/aromatic N) is 6. The van der Waals surface area contributed by atoms with Crippen LogP contribution in [0.25, 0.3) is 0 Å². The van der Waals surface area contributed by atoms with Gasteiger partial charge in [0.1, 0.15) is 23.4 Å². The predicted octanol–water partition coefficient (Wildman–Crippen LogP) is 3.79. The van der Waals surface area contributed by atoms with Crippen LogP contribution in [0.15, 0.2) is 72.8 Å². The summed E-state index contributed by atoms with van der Waals surface area (Å²) in [6.45, 7) is 3.80. The zero-order valence-corrected chi connectivity index (χ0v) is 20.4. The number of aromatic nitrogens is 4. The van der Waals surface area contributed by atoms with E-state index in [0.29, 0.717) is 6.54 Å². The molecule has 0 spiro atoms. The van der Waals surface area contributed by atoms with Crippen molar-refractivity contribution >= 4 is 5.69 Å². The number of tetrazole rings is 1. The van der Waals surface area contributed by atoms with Gasteiger partial charge in [-0.2, -0.15) is 0 Å². The molecule has 0 N–H and O–H groups in total. The van der Waals surface area contributed by atoms with Crippen LogP contribution in [0, 0.1) is 5.82 Å². The second-order valence-electron chi connectivity index (χ2n) is 8.69. The van der Waals surface area contributed by atoms with Gasteiger partial charge in [0.15, 0.2) is 5.82 Å². The van der Waals surface area contributed by atoms with Crippen molar-refractivity contribution in [1.82, 2.24) is 25.1 Å². The van der Waals surface area contributed by atoms with Crippen molar-refractivity contribution in [2.45, 2.75) is 12.6 Å². The summed E-state index contributed by atoms with van der Waals surface area (Å²) in [5.74, 6) is 2.09. The molecule has 0 amide bonds. The number of benzene rings is 3. The van der Waals surface area contributed by atoms with Gasteiger partial charge in [-0.1, -0.05) is 30.3 Å². The molecule has 1 aromatic heterocycles. The third-order valence-corrected chi connectivity index (χ3v) is 6.60. The highest BCUT2D eigenvalue weighted by Gasteiger charge is 2.32. The quantitative estimate of drug-likeness (QED) is 0.374. The summed E-state index contributed by atoms with van der Waals surface area (Å²) >= 11 is 0. The van der Waals surface area contributed by atoms with Gasteiger partial charge < -0.3 is 14.4 Å². The fourth-order valence-electron chi connectivity index (χ4n) is 4.71. The van der Waals surface area contributed by atoms with Crippen LogP contribution in [-0.2, 0) is 6.54 Å². The van der Waals surface area contributed by atoms with Crippen molar-refractivity contribution in [3.05, 3.63) is 95.6 Å². The zero-order chi connectivity index (χ0) is 24.9. The molecule has 8 nitrogen and oxygen atoms in total. The highest BCUT2D eigenvalue weighted by atomic mass is 19.1. The Morgan fingerprint density at radius 1 is 0.861 bits per heavy atom. The number of hydrogen-bond acceptors (Lipinski definition) is 7. The minimum absolute atomic E-state index is 0.199. The van der Waals surface area contributed by atoms with E-state index < -0.39 is 0 Å². The van der Waals surface area contributed by atoms with Gasteiger partial charge in [0.05, 0.1) is 20.8 Å². The molecule has 3 aromatic carbocycles. The molecule has 0 saturated carbocycles. The first-order valence-corrected chi connectivity index (χ1v) is 11.9. The van der Waals surface area contributed by atoms with Crippen molar-refractivity contribution in [2.24, 2.45) is 0 Å². The molecule has 0 bridgehead atoms. The van der Waals surface area contributed by atoms with Crippen LogP contribution in [0.1, 0.15) is 23.0 Å². The third kappa shape index (κ3) is 5.01. The van der Waals surface area contributed by atoms with Crippen molar-refractivity contribution in [2.75, 3.05) is 45.3 Å². The summed E-state index contributed by atoms with van der Waals surface area (Å²) in [5, 5.41) is 12.7. The SMILES string of the molecule is COc1ccc(N2CCN([C@@H](c3ccccc3OC)c3nnnn3Cc3ccc(F)cc3)CC2)cc1. The molecule has 0 unspecified atom stereocenters. The maximum Gasteiger partial charge on any atom is 0.173 e. The minimum Gasteiger partial charge on any atom is -0.497 e. The lowest BCUT2D eigenvalue weighted by Gasteiger charge is -2.40. The van der Waals surface area contributed by atoms with E-state index in [4.69, 9.17) is 9.47 Å². The van der Waals surface area contributed by atoms with Gasteiger partial charge >= 0.3 is 0 Å². The Morgan fingerprint density at radius 2 is 1.58 bits per heavy atom. The molecule has 186 valence electrons. The number of methoxy groups -OCH3 is 2. The monoisotopic (exact) mass is 488 g/mol. The molecule has 4 aromatic rings. The van der Waals surface area contributed by atoms with E-state index in [1.165, 1.54) is 17.8 Å². The summed E-state index contributed by atoms with van der Waals surface area (Å²) < 4.78 is 26.3. The molecular weight excluding hydrogens is 459 g/mol. The maximum absolute atomic E-state index is 13.4. The largest absolute Gasteiger partial charge is 0.497 e. The summed E-state index contributed by atoms with van der Waals surface area (Å²) in [5.41, 5.74) is 3.10. The molecule has 1 aliphatic rings. The number of halogens is 1. The third-order valence-electron chi connectivity index (χ3n) is 6.60. The smallest absolute Gasteiger partial charge is 0.173 e.